The van der Waals surface area contributed by atoms with Gasteiger partial charge in [0.1, 0.15) is 28.4 Å². The van der Waals surface area contributed by atoms with Crippen LogP contribution in [0.25, 0.3) is 21.9 Å². The van der Waals surface area contributed by atoms with E-state index < -0.39 is 18.0 Å². The summed E-state index contributed by atoms with van der Waals surface area (Å²) in [6.45, 7) is 3.30. The van der Waals surface area contributed by atoms with E-state index in [9.17, 15) is 9.59 Å². The molecule has 0 fully saturated rings. The summed E-state index contributed by atoms with van der Waals surface area (Å²) in [6, 6.07) is 14.2. The average Bonchev–Trinajstić information content (AvgIpc) is 3.20. The van der Waals surface area contributed by atoms with Gasteiger partial charge in [0.15, 0.2) is 6.10 Å². The fourth-order valence-electron chi connectivity index (χ4n) is 3.74. The van der Waals surface area contributed by atoms with Gasteiger partial charge in [-0.1, -0.05) is 18.2 Å². The van der Waals surface area contributed by atoms with Crippen LogP contribution in [0, 0.1) is 6.92 Å². The third-order valence-electron chi connectivity index (χ3n) is 5.60. The van der Waals surface area contributed by atoms with Crippen LogP contribution in [0.15, 0.2) is 52.9 Å². The van der Waals surface area contributed by atoms with Crippen LogP contribution in [0.1, 0.15) is 22.8 Å². The first-order chi connectivity index (χ1) is 16.4. The molecule has 0 saturated carbocycles. The van der Waals surface area contributed by atoms with E-state index >= 15 is 0 Å². The fraction of sp³-hybridized carbons (Fsp3) is 0.231. The van der Waals surface area contributed by atoms with Crippen LogP contribution in [0.4, 0.5) is 5.69 Å². The molecule has 1 atom stereocenters. The van der Waals surface area contributed by atoms with E-state index in [1.807, 2.05) is 31.2 Å². The second kappa shape index (κ2) is 9.35. The molecule has 1 unspecified atom stereocenters. The van der Waals surface area contributed by atoms with E-state index in [1.165, 1.54) is 28.3 Å². The molecule has 4 rings (SSSR count). The summed E-state index contributed by atoms with van der Waals surface area (Å²) in [4.78, 5) is 25.5. The number of esters is 1. The summed E-state index contributed by atoms with van der Waals surface area (Å²) >= 11 is 0. The Balaban J connectivity index is 1.54. The van der Waals surface area contributed by atoms with Gasteiger partial charge in [0, 0.05) is 22.4 Å². The lowest BCUT2D eigenvalue weighted by atomic mass is 10.1. The Bertz CT molecular complexity index is 1360. The molecule has 0 spiro atoms. The Hall–Kier alpha value is -4.20. The van der Waals surface area contributed by atoms with Crippen molar-refractivity contribution in [2.24, 2.45) is 0 Å². The molecule has 8 nitrogen and oxygen atoms in total. The first-order valence-electron chi connectivity index (χ1n) is 10.6. The van der Waals surface area contributed by atoms with E-state index in [4.69, 9.17) is 23.4 Å². The SMILES string of the molecule is COc1cc2c(cc1NC(=O)C(C)OC(=O)c1cc(OC)c(C)c(OC)c1)oc1ccccc12. The highest BCUT2D eigenvalue weighted by Crippen LogP contribution is 2.36. The molecular weight excluding hydrogens is 438 g/mol. The standard InChI is InChI=1S/C26H25NO7/c1-14-21(30-3)10-16(11-22(14)31-4)26(29)33-15(2)25(28)27-19-13-23-18(12-24(19)32-5)17-8-6-7-9-20(17)34-23/h6-13,15H,1-5H3,(H,27,28). The maximum absolute atomic E-state index is 12.8. The lowest BCUT2D eigenvalue weighted by molar-refractivity contribution is -0.123. The number of nitrogens with one attached hydrogen (secondary N) is 1. The van der Waals surface area contributed by atoms with Crippen LogP contribution in [-0.4, -0.2) is 39.3 Å². The van der Waals surface area contributed by atoms with Gasteiger partial charge < -0.3 is 28.7 Å². The fourth-order valence-corrected chi connectivity index (χ4v) is 3.74. The van der Waals surface area contributed by atoms with Gasteiger partial charge in [-0.15, -0.1) is 0 Å². The molecule has 0 saturated heterocycles. The molecule has 0 radical (unpaired) electrons. The Morgan fingerprint density at radius 2 is 1.50 bits per heavy atom. The largest absolute Gasteiger partial charge is 0.496 e. The van der Waals surface area contributed by atoms with Gasteiger partial charge in [-0.2, -0.15) is 0 Å². The number of methoxy groups -OCH3 is 3. The maximum atomic E-state index is 12.8. The summed E-state index contributed by atoms with van der Waals surface area (Å²) in [6.07, 6.45) is -1.08. The van der Waals surface area contributed by atoms with E-state index in [-0.39, 0.29) is 5.56 Å². The number of carbonyl (C=O) groups is 2. The van der Waals surface area contributed by atoms with Crippen molar-refractivity contribution in [3.05, 3.63) is 59.7 Å². The van der Waals surface area contributed by atoms with Crippen molar-refractivity contribution >= 4 is 39.5 Å². The lowest BCUT2D eigenvalue weighted by Crippen LogP contribution is -2.30. The maximum Gasteiger partial charge on any atom is 0.339 e. The number of furan rings is 1. The number of amides is 1. The number of hydrogen-bond acceptors (Lipinski definition) is 7. The number of hydrogen-bond donors (Lipinski definition) is 1. The van der Waals surface area contributed by atoms with Gasteiger partial charge in [0.25, 0.3) is 5.91 Å². The molecule has 0 aliphatic heterocycles. The highest BCUT2D eigenvalue weighted by atomic mass is 16.5. The molecule has 8 heteroatoms. The van der Waals surface area contributed by atoms with Crippen LogP contribution < -0.4 is 19.5 Å². The summed E-state index contributed by atoms with van der Waals surface area (Å²) in [7, 11) is 4.51. The molecular formula is C26H25NO7. The number of para-hydroxylation sites is 1. The molecule has 3 aromatic carbocycles. The lowest BCUT2D eigenvalue weighted by Gasteiger charge is -2.16. The van der Waals surface area contributed by atoms with Crippen molar-refractivity contribution in [1.29, 1.82) is 0 Å². The zero-order chi connectivity index (χ0) is 24.4. The predicted octanol–water partition coefficient (Wildman–Crippen LogP) is 5.10. The van der Waals surface area contributed by atoms with Crippen molar-refractivity contribution in [3.63, 3.8) is 0 Å². The van der Waals surface area contributed by atoms with Crippen molar-refractivity contribution in [1.82, 2.24) is 0 Å². The highest BCUT2D eigenvalue weighted by molar-refractivity contribution is 6.08. The van der Waals surface area contributed by atoms with Gasteiger partial charge in [-0.3, -0.25) is 4.79 Å². The number of anilines is 1. The highest BCUT2D eigenvalue weighted by Gasteiger charge is 2.23. The Morgan fingerprint density at radius 3 is 2.15 bits per heavy atom. The number of fused-ring (bicyclic) bond motifs is 3. The summed E-state index contributed by atoms with van der Waals surface area (Å²) in [5, 5.41) is 4.57. The van der Waals surface area contributed by atoms with Crippen molar-refractivity contribution in [2.45, 2.75) is 20.0 Å². The van der Waals surface area contributed by atoms with Crippen LogP contribution >= 0.6 is 0 Å². The van der Waals surface area contributed by atoms with Crippen molar-refractivity contribution in [3.8, 4) is 17.2 Å². The van der Waals surface area contributed by atoms with Gasteiger partial charge in [-0.25, -0.2) is 4.79 Å². The Kier molecular flexibility index (Phi) is 6.32. The number of rotatable bonds is 7. The summed E-state index contributed by atoms with van der Waals surface area (Å²) < 4.78 is 27.4. The van der Waals surface area contributed by atoms with Gasteiger partial charge >= 0.3 is 5.97 Å². The second-order valence-electron chi connectivity index (χ2n) is 7.69. The normalized spacial score (nSPS) is 11.8. The van der Waals surface area contributed by atoms with E-state index in [0.29, 0.717) is 28.5 Å². The third kappa shape index (κ3) is 4.22. The Morgan fingerprint density at radius 1 is 0.853 bits per heavy atom. The molecule has 0 bridgehead atoms. The predicted molar refractivity (Wildman–Crippen MR) is 128 cm³/mol. The van der Waals surface area contributed by atoms with Crippen molar-refractivity contribution in [2.75, 3.05) is 26.6 Å². The molecule has 1 amide bonds. The quantitative estimate of drug-likeness (QED) is 0.381. The molecule has 1 aromatic heterocycles. The van der Waals surface area contributed by atoms with Crippen molar-refractivity contribution < 1.29 is 33.0 Å². The first-order valence-corrected chi connectivity index (χ1v) is 10.6. The number of ether oxygens (including phenoxy) is 4. The molecule has 0 aliphatic carbocycles. The van der Waals surface area contributed by atoms with Crippen LogP contribution in [0.2, 0.25) is 0 Å². The smallest absolute Gasteiger partial charge is 0.339 e. The van der Waals surface area contributed by atoms with Gasteiger partial charge in [-0.05, 0) is 38.1 Å². The third-order valence-corrected chi connectivity index (χ3v) is 5.60. The zero-order valence-corrected chi connectivity index (χ0v) is 19.6. The van der Waals surface area contributed by atoms with Crippen LogP contribution in [-0.2, 0) is 9.53 Å². The number of carbonyl (C=O) groups excluding carboxylic acids is 2. The van der Waals surface area contributed by atoms with Crippen LogP contribution in [0.5, 0.6) is 17.2 Å². The van der Waals surface area contributed by atoms with Gasteiger partial charge in [0.05, 0.1) is 32.6 Å². The Labute approximate surface area is 196 Å². The zero-order valence-electron chi connectivity index (χ0n) is 19.6. The van der Waals surface area contributed by atoms with E-state index in [1.54, 1.807) is 24.3 Å². The molecule has 34 heavy (non-hydrogen) atoms. The minimum absolute atomic E-state index is 0.209. The van der Waals surface area contributed by atoms with E-state index in [2.05, 4.69) is 5.32 Å². The minimum atomic E-state index is -1.08. The van der Waals surface area contributed by atoms with Gasteiger partial charge in [0.2, 0.25) is 0 Å². The molecule has 0 aliphatic rings. The first kappa shape index (κ1) is 23.0. The number of benzene rings is 3. The van der Waals surface area contributed by atoms with E-state index in [0.717, 1.165) is 21.9 Å². The summed E-state index contributed by atoms with van der Waals surface area (Å²) in [5.41, 5.74) is 2.69. The molecule has 176 valence electrons. The summed E-state index contributed by atoms with van der Waals surface area (Å²) in [5.74, 6) is 0.214. The molecule has 1 heterocycles. The average molecular weight is 463 g/mol. The molecule has 4 aromatic rings. The topological polar surface area (TPSA) is 96.2 Å². The van der Waals surface area contributed by atoms with Crippen LogP contribution in [0.3, 0.4) is 0 Å². The second-order valence-corrected chi connectivity index (χ2v) is 7.69. The molecule has 1 N–H and O–H groups in total. The minimum Gasteiger partial charge on any atom is -0.496 e. The monoisotopic (exact) mass is 463 g/mol.